The minimum absolute atomic E-state index is 0.142. The zero-order chi connectivity index (χ0) is 52.8. The summed E-state index contributed by atoms with van der Waals surface area (Å²) < 4.78 is 61.4. The number of ether oxygens (including phenoxy) is 6. The van der Waals surface area contributed by atoms with Crippen LogP contribution in [0.15, 0.2) is 133 Å². The zero-order valence-electron chi connectivity index (χ0n) is 41.9. The number of halogens is 1. The topological polar surface area (TPSA) is 223 Å². The van der Waals surface area contributed by atoms with Crippen LogP contribution in [-0.4, -0.2) is 144 Å². The highest BCUT2D eigenvalue weighted by molar-refractivity contribution is 7.90. The van der Waals surface area contributed by atoms with Crippen LogP contribution < -0.4 is 21.3 Å². The fourth-order valence-electron chi connectivity index (χ4n) is 6.93. The van der Waals surface area contributed by atoms with Crippen molar-refractivity contribution >= 4 is 73.4 Å². The van der Waals surface area contributed by atoms with Crippen LogP contribution in [0.1, 0.15) is 31.1 Å². The molecule has 2 aromatic heterocycles. The molecule has 0 bridgehead atoms. The highest BCUT2D eigenvalue weighted by Gasteiger charge is 2.24. The Bertz CT molecular complexity index is 2900. The lowest BCUT2D eigenvalue weighted by Gasteiger charge is -2.19. The molecule has 0 aliphatic heterocycles. The molecule has 0 saturated heterocycles. The quantitative estimate of drug-likeness (QED) is 0.0258. The van der Waals surface area contributed by atoms with E-state index in [4.69, 9.17) is 40.0 Å². The number of alkyl carbamates (subject to hydrolysis) is 1. The first-order valence-electron chi connectivity index (χ1n) is 23.9. The lowest BCUT2D eigenvalue weighted by molar-refractivity contribution is -0.111. The molecule has 2 heterocycles. The van der Waals surface area contributed by atoms with Gasteiger partial charge in [0, 0.05) is 65.5 Å². The summed E-state index contributed by atoms with van der Waals surface area (Å²) in [5.74, 6) is -0.474. The molecule has 6 rings (SSSR count). The van der Waals surface area contributed by atoms with E-state index in [0.29, 0.717) is 130 Å². The Morgan fingerprint density at radius 3 is 2.03 bits per heavy atom. The molecular formula is C53H63ClN8O11S. The summed E-state index contributed by atoms with van der Waals surface area (Å²) in [7, 11) is -2.01. The van der Waals surface area contributed by atoms with Crippen molar-refractivity contribution in [2.24, 2.45) is 0 Å². The third-order valence-corrected chi connectivity index (χ3v) is 12.4. The van der Waals surface area contributed by atoms with E-state index >= 15 is 0 Å². The largest absolute Gasteiger partial charge is 0.444 e. The van der Waals surface area contributed by atoms with Crippen molar-refractivity contribution in [3.63, 3.8) is 0 Å². The SMILES string of the molecule is CN(C/C=C/C(=O)Nc1ccc(C(=O)Nc2cccc(Nc3ncc(Cl)c(-c4cn(S(=O)(=O)c5ccccc5)c5ccccc45)n3)c2)cc1)CCOCCOCCOCCOCCOCCNC(=O)OC(C)(C)C. The number of hydrogen-bond acceptors (Lipinski definition) is 15. The van der Waals surface area contributed by atoms with Gasteiger partial charge in [-0.05, 0) is 88.5 Å². The summed E-state index contributed by atoms with van der Waals surface area (Å²) in [5.41, 5.74) is 2.73. The van der Waals surface area contributed by atoms with Crippen molar-refractivity contribution in [2.45, 2.75) is 31.3 Å². The van der Waals surface area contributed by atoms with Gasteiger partial charge in [-0.2, -0.15) is 0 Å². The second kappa shape index (κ2) is 28.6. The third kappa shape index (κ3) is 18.3. The first kappa shape index (κ1) is 56.5. The number of carbonyl (C=O) groups excluding carboxylic acids is 3. The van der Waals surface area contributed by atoms with E-state index < -0.39 is 21.7 Å². The number of nitrogens with zero attached hydrogens (tertiary/aromatic N) is 4. The van der Waals surface area contributed by atoms with Gasteiger partial charge in [0.05, 0.1) is 93.4 Å². The van der Waals surface area contributed by atoms with Crippen molar-refractivity contribution in [3.05, 3.63) is 138 Å². The number of para-hydroxylation sites is 1. The maximum absolute atomic E-state index is 13.7. The van der Waals surface area contributed by atoms with Gasteiger partial charge in [-0.1, -0.05) is 60.1 Å². The van der Waals surface area contributed by atoms with E-state index in [9.17, 15) is 22.8 Å². The van der Waals surface area contributed by atoms with Gasteiger partial charge < -0.3 is 54.6 Å². The molecule has 0 spiro atoms. The number of rotatable bonds is 29. The fraction of sp³-hybridized carbons (Fsp3) is 0.340. The van der Waals surface area contributed by atoms with Gasteiger partial charge in [-0.25, -0.2) is 27.2 Å². The lowest BCUT2D eigenvalue weighted by atomic mass is 10.1. The van der Waals surface area contributed by atoms with Crippen LogP contribution in [0.25, 0.3) is 22.2 Å². The molecule has 0 unspecified atom stereocenters. The van der Waals surface area contributed by atoms with E-state index in [2.05, 4.69) is 31.2 Å². The van der Waals surface area contributed by atoms with Crippen LogP contribution in [0, 0.1) is 0 Å². The van der Waals surface area contributed by atoms with E-state index in [1.165, 1.54) is 22.4 Å². The number of amides is 3. The molecule has 0 aliphatic carbocycles. The van der Waals surface area contributed by atoms with Crippen LogP contribution in [0.3, 0.4) is 0 Å². The van der Waals surface area contributed by atoms with E-state index in [-0.39, 0.29) is 27.7 Å². The van der Waals surface area contributed by atoms with Gasteiger partial charge in [0.15, 0.2) is 0 Å². The molecule has 74 heavy (non-hydrogen) atoms. The molecule has 21 heteroatoms. The van der Waals surface area contributed by atoms with Crippen molar-refractivity contribution in [3.8, 4) is 11.3 Å². The second-order valence-electron chi connectivity index (χ2n) is 17.4. The van der Waals surface area contributed by atoms with Gasteiger partial charge in [0.25, 0.3) is 15.9 Å². The molecule has 0 aliphatic rings. The Morgan fingerprint density at radius 2 is 1.35 bits per heavy atom. The van der Waals surface area contributed by atoms with E-state index in [1.54, 1.807) is 118 Å². The molecule has 19 nitrogen and oxygen atoms in total. The lowest BCUT2D eigenvalue weighted by Crippen LogP contribution is -2.34. The summed E-state index contributed by atoms with van der Waals surface area (Å²) in [6.45, 7) is 11.3. The highest BCUT2D eigenvalue weighted by atomic mass is 35.5. The van der Waals surface area contributed by atoms with E-state index in [1.807, 2.05) is 24.1 Å². The number of likely N-dealkylation sites (N-methyl/N-ethyl adjacent to an activating group) is 1. The van der Waals surface area contributed by atoms with Gasteiger partial charge in [-0.15, -0.1) is 0 Å². The summed E-state index contributed by atoms with van der Waals surface area (Å²) in [4.78, 5) is 48.6. The monoisotopic (exact) mass is 1050 g/mol. The Kier molecular flexibility index (Phi) is 21.9. The summed E-state index contributed by atoms with van der Waals surface area (Å²) in [6.07, 6.45) is 5.70. The molecular weight excluding hydrogens is 992 g/mol. The number of nitrogens with one attached hydrogen (secondary N) is 4. The fourth-order valence-corrected chi connectivity index (χ4v) is 8.51. The van der Waals surface area contributed by atoms with Crippen LogP contribution in [-0.2, 0) is 43.2 Å². The maximum Gasteiger partial charge on any atom is 0.407 e. The van der Waals surface area contributed by atoms with Gasteiger partial charge in [0.2, 0.25) is 11.9 Å². The van der Waals surface area contributed by atoms with Crippen LogP contribution in [0.5, 0.6) is 0 Å². The van der Waals surface area contributed by atoms with E-state index in [0.717, 1.165) is 0 Å². The predicted octanol–water partition coefficient (Wildman–Crippen LogP) is 8.02. The number of fused-ring (bicyclic) bond motifs is 1. The molecule has 3 amide bonds. The molecule has 0 saturated carbocycles. The third-order valence-electron chi connectivity index (χ3n) is 10.5. The van der Waals surface area contributed by atoms with Gasteiger partial charge in [0.1, 0.15) is 5.60 Å². The maximum atomic E-state index is 13.7. The molecule has 4 N–H and O–H groups in total. The average Bonchev–Trinajstić information content (AvgIpc) is 3.77. The first-order valence-corrected chi connectivity index (χ1v) is 25.7. The molecule has 4 aromatic carbocycles. The Morgan fingerprint density at radius 1 is 0.730 bits per heavy atom. The Labute approximate surface area is 436 Å². The summed E-state index contributed by atoms with van der Waals surface area (Å²) in [6, 6.07) is 28.8. The highest BCUT2D eigenvalue weighted by Crippen LogP contribution is 2.36. The first-order chi connectivity index (χ1) is 35.7. The predicted molar refractivity (Wildman–Crippen MR) is 285 cm³/mol. The Hall–Kier alpha value is -6.75. The van der Waals surface area contributed by atoms with Gasteiger partial charge in [-0.3, -0.25) is 9.59 Å². The molecule has 0 atom stereocenters. The number of carbonyl (C=O) groups is 3. The van der Waals surface area contributed by atoms with Crippen molar-refractivity contribution in [2.75, 3.05) is 109 Å². The minimum atomic E-state index is -3.94. The normalized spacial score (nSPS) is 11.8. The second-order valence-corrected chi connectivity index (χ2v) is 19.7. The zero-order valence-corrected chi connectivity index (χ0v) is 43.5. The molecule has 394 valence electrons. The Balaban J connectivity index is 0.836. The molecule has 6 aromatic rings. The van der Waals surface area contributed by atoms with Crippen molar-refractivity contribution < 1.29 is 51.2 Å². The van der Waals surface area contributed by atoms with Gasteiger partial charge >= 0.3 is 6.09 Å². The van der Waals surface area contributed by atoms with Crippen molar-refractivity contribution in [1.82, 2.24) is 24.2 Å². The number of benzene rings is 4. The number of hydrogen-bond donors (Lipinski definition) is 4. The minimum Gasteiger partial charge on any atom is -0.444 e. The summed E-state index contributed by atoms with van der Waals surface area (Å²) >= 11 is 6.64. The van der Waals surface area contributed by atoms with Crippen LogP contribution in [0.2, 0.25) is 5.02 Å². The smallest absolute Gasteiger partial charge is 0.407 e. The standard InChI is InChI=1S/C53H63ClN8O11S/c1-53(2,3)73-52(65)55-23-26-68-28-30-70-32-34-72-35-33-71-31-29-69-27-25-61(4)24-11-18-48(63)57-40-21-19-39(20-22-40)50(64)58-41-12-10-13-42(36-41)59-51-56-37-46(54)49(60-51)45-38-62(47-17-9-8-16-44(45)47)74(66,67)43-14-6-5-7-15-43/h5-22,36-38H,23-35H2,1-4H3,(H,55,65)(H,57,63)(H,58,64)(H,56,59,60)/b18-11+. The molecule has 0 fully saturated rings. The average molecular weight is 1060 g/mol. The van der Waals surface area contributed by atoms with Crippen LogP contribution in [0.4, 0.5) is 27.8 Å². The molecule has 0 radical (unpaired) electrons. The number of aromatic nitrogens is 3. The number of anilines is 4. The van der Waals surface area contributed by atoms with Crippen molar-refractivity contribution in [1.29, 1.82) is 0 Å². The van der Waals surface area contributed by atoms with Crippen LogP contribution >= 0.6 is 11.6 Å². The summed E-state index contributed by atoms with van der Waals surface area (Å²) in [5, 5.41) is 12.3.